The maximum Gasteiger partial charge on any atom is 0.283 e. The molecule has 1 fully saturated rings. The van der Waals surface area contributed by atoms with Crippen molar-refractivity contribution < 1.29 is 14.3 Å². The Balaban J connectivity index is 2.04. The minimum absolute atomic E-state index is 0.0543. The molecular weight excluding hydrogens is 398 g/mol. The van der Waals surface area contributed by atoms with Gasteiger partial charge in [0.2, 0.25) is 4.80 Å². The summed E-state index contributed by atoms with van der Waals surface area (Å²) in [4.78, 5) is 17.6. The number of nitrogens with zero attached hydrogens (tertiary/aromatic N) is 3. The van der Waals surface area contributed by atoms with E-state index in [9.17, 15) is 4.79 Å². The smallest absolute Gasteiger partial charge is 0.283 e. The molecule has 3 rings (SSSR count). The fourth-order valence-electron chi connectivity index (χ4n) is 2.80. The third-order valence-electron chi connectivity index (χ3n) is 4.51. The molecule has 28 heavy (non-hydrogen) atoms. The van der Waals surface area contributed by atoms with E-state index in [0.29, 0.717) is 27.7 Å². The molecule has 8 heteroatoms. The van der Waals surface area contributed by atoms with Crippen LogP contribution in [-0.4, -0.2) is 35.5 Å². The zero-order chi connectivity index (χ0) is 20.3. The summed E-state index contributed by atoms with van der Waals surface area (Å²) < 4.78 is 12.7. The third kappa shape index (κ3) is 4.46. The molecule has 1 aliphatic heterocycles. The molecule has 0 saturated carbocycles. The molecular formula is C20H22ClN3O3S. The molecule has 2 aromatic rings. The Bertz CT molecular complexity index is 981. The number of hydrogen-bond acceptors (Lipinski definition) is 5. The summed E-state index contributed by atoms with van der Waals surface area (Å²) in [5.74, 6) is 2.71. The van der Waals surface area contributed by atoms with E-state index < -0.39 is 11.3 Å². The fourth-order valence-corrected chi connectivity index (χ4v) is 3.95. The topological polar surface area (TPSA) is 65.7 Å². The summed E-state index contributed by atoms with van der Waals surface area (Å²) >= 11 is 7.35. The summed E-state index contributed by atoms with van der Waals surface area (Å²) in [5.41, 5.74) is -0.266. The van der Waals surface area contributed by atoms with Crippen molar-refractivity contribution in [2.75, 3.05) is 13.7 Å². The minimum atomic E-state index is -0.562. The molecule has 1 aromatic carbocycles. The van der Waals surface area contributed by atoms with Crippen LogP contribution in [0.4, 0.5) is 0 Å². The highest BCUT2D eigenvalue weighted by atomic mass is 35.5. The second-order valence-electron chi connectivity index (χ2n) is 7.04. The predicted molar refractivity (Wildman–Crippen MR) is 109 cm³/mol. The molecule has 0 aliphatic carbocycles. The number of hydrogen-bond donors (Lipinski definition) is 0. The first-order valence-electron chi connectivity index (χ1n) is 8.94. The summed E-state index contributed by atoms with van der Waals surface area (Å²) in [6.45, 7) is 5.08. The van der Waals surface area contributed by atoms with Crippen LogP contribution in [0.2, 0.25) is 5.02 Å². The Morgan fingerprint density at radius 3 is 3.00 bits per heavy atom. The van der Waals surface area contributed by atoms with Crippen molar-refractivity contribution >= 4 is 28.8 Å². The van der Waals surface area contributed by atoms with Gasteiger partial charge in [-0.25, -0.2) is 4.68 Å². The standard InChI is InChI=1S/C20H22ClN3O3S/c1-5-20(2,3)18-23-24(12-14-7-6-10-27-14)19(28-18)22-17(25)15-11-13(21)8-9-16(15)26-4/h1,8-9,11,14H,6-7,10,12H2,2-4H3/t14-/m1/s1. The number of ether oxygens (including phenoxy) is 2. The van der Waals surface area contributed by atoms with Crippen LogP contribution in [0.1, 0.15) is 42.1 Å². The number of aromatic nitrogens is 2. The molecule has 2 heterocycles. The Labute approximate surface area is 173 Å². The van der Waals surface area contributed by atoms with E-state index in [1.54, 1.807) is 22.9 Å². The van der Waals surface area contributed by atoms with Crippen molar-refractivity contribution in [3.8, 4) is 18.1 Å². The van der Waals surface area contributed by atoms with Gasteiger partial charge in [-0.2, -0.15) is 10.1 Å². The van der Waals surface area contributed by atoms with Gasteiger partial charge in [-0.3, -0.25) is 4.79 Å². The number of benzene rings is 1. The fraction of sp³-hybridized carbons (Fsp3) is 0.450. The minimum Gasteiger partial charge on any atom is -0.496 e. The first-order chi connectivity index (χ1) is 13.3. The number of halogens is 1. The maximum absolute atomic E-state index is 12.9. The quantitative estimate of drug-likeness (QED) is 0.696. The Kier molecular flexibility index (Phi) is 6.23. The van der Waals surface area contributed by atoms with Gasteiger partial charge in [-0.15, -0.1) is 6.42 Å². The monoisotopic (exact) mass is 419 g/mol. The Morgan fingerprint density at radius 2 is 2.36 bits per heavy atom. The van der Waals surface area contributed by atoms with Gasteiger partial charge in [0.25, 0.3) is 5.91 Å². The lowest BCUT2D eigenvalue weighted by molar-refractivity contribution is 0.0918. The maximum atomic E-state index is 12.9. The SMILES string of the molecule is C#CC(C)(C)c1nn(C[C@H]2CCCO2)c(=NC(=O)c2cc(Cl)ccc2OC)s1. The van der Waals surface area contributed by atoms with Crippen molar-refractivity contribution in [2.45, 2.75) is 44.8 Å². The van der Waals surface area contributed by atoms with Gasteiger partial charge < -0.3 is 9.47 Å². The highest BCUT2D eigenvalue weighted by Crippen LogP contribution is 2.25. The van der Waals surface area contributed by atoms with Crippen LogP contribution in [0.25, 0.3) is 0 Å². The number of amides is 1. The average Bonchev–Trinajstić information content (AvgIpc) is 3.32. The normalized spacial score (nSPS) is 17.5. The van der Waals surface area contributed by atoms with Crippen LogP contribution in [0.3, 0.4) is 0 Å². The molecule has 0 spiro atoms. The van der Waals surface area contributed by atoms with E-state index in [4.69, 9.17) is 27.5 Å². The zero-order valence-electron chi connectivity index (χ0n) is 16.1. The molecule has 1 atom stereocenters. The van der Waals surface area contributed by atoms with E-state index in [1.807, 2.05) is 13.8 Å². The summed E-state index contributed by atoms with van der Waals surface area (Å²) in [6, 6.07) is 4.85. The Morgan fingerprint density at radius 1 is 1.57 bits per heavy atom. The lowest BCUT2D eigenvalue weighted by Gasteiger charge is -2.12. The lowest BCUT2D eigenvalue weighted by Crippen LogP contribution is -2.25. The number of methoxy groups -OCH3 is 1. The van der Waals surface area contributed by atoms with Gasteiger partial charge in [0, 0.05) is 11.6 Å². The van der Waals surface area contributed by atoms with E-state index in [0.717, 1.165) is 24.5 Å². The van der Waals surface area contributed by atoms with E-state index >= 15 is 0 Å². The first-order valence-corrected chi connectivity index (χ1v) is 10.1. The highest BCUT2D eigenvalue weighted by Gasteiger charge is 2.25. The van der Waals surface area contributed by atoms with Gasteiger partial charge in [-0.1, -0.05) is 28.9 Å². The highest BCUT2D eigenvalue weighted by molar-refractivity contribution is 7.09. The zero-order valence-corrected chi connectivity index (χ0v) is 17.6. The van der Waals surface area contributed by atoms with Gasteiger partial charge in [0.1, 0.15) is 10.8 Å². The summed E-state index contributed by atoms with van der Waals surface area (Å²) in [6.07, 6.45) is 7.69. The Hall–Kier alpha value is -2.14. The molecule has 6 nitrogen and oxygen atoms in total. The van der Waals surface area contributed by atoms with Crippen molar-refractivity contribution in [1.82, 2.24) is 9.78 Å². The molecule has 0 radical (unpaired) electrons. The van der Waals surface area contributed by atoms with Gasteiger partial charge in [0.05, 0.1) is 30.7 Å². The summed E-state index contributed by atoms with van der Waals surface area (Å²) in [5, 5.41) is 5.79. The van der Waals surface area contributed by atoms with Crippen molar-refractivity contribution in [3.63, 3.8) is 0 Å². The second-order valence-corrected chi connectivity index (χ2v) is 8.43. The van der Waals surface area contributed by atoms with Crippen LogP contribution in [0.15, 0.2) is 23.2 Å². The van der Waals surface area contributed by atoms with Crippen molar-refractivity contribution in [2.24, 2.45) is 4.99 Å². The van der Waals surface area contributed by atoms with E-state index in [2.05, 4.69) is 16.0 Å². The van der Waals surface area contributed by atoms with Crippen LogP contribution in [-0.2, 0) is 16.7 Å². The molecule has 0 N–H and O–H groups in total. The number of carbonyl (C=O) groups excluding carboxylic acids is 1. The largest absolute Gasteiger partial charge is 0.496 e. The average molecular weight is 420 g/mol. The predicted octanol–water partition coefficient (Wildman–Crippen LogP) is 3.44. The lowest BCUT2D eigenvalue weighted by atomic mass is 9.96. The molecule has 1 aromatic heterocycles. The summed E-state index contributed by atoms with van der Waals surface area (Å²) in [7, 11) is 1.50. The molecule has 1 aliphatic rings. The van der Waals surface area contributed by atoms with E-state index in [1.165, 1.54) is 18.4 Å². The molecule has 1 saturated heterocycles. The molecule has 0 unspecified atom stereocenters. The number of terminal acetylenes is 1. The van der Waals surface area contributed by atoms with E-state index in [-0.39, 0.29) is 6.10 Å². The van der Waals surface area contributed by atoms with Crippen LogP contribution in [0, 0.1) is 12.3 Å². The van der Waals surface area contributed by atoms with Gasteiger partial charge in [-0.05, 0) is 44.9 Å². The number of rotatable bonds is 5. The first kappa shape index (κ1) is 20.6. The van der Waals surface area contributed by atoms with Crippen molar-refractivity contribution in [3.05, 3.63) is 38.6 Å². The van der Waals surface area contributed by atoms with Crippen LogP contribution >= 0.6 is 22.9 Å². The van der Waals surface area contributed by atoms with Crippen LogP contribution < -0.4 is 9.54 Å². The number of carbonyl (C=O) groups is 1. The molecule has 148 valence electrons. The van der Waals surface area contributed by atoms with Gasteiger partial charge in [0.15, 0.2) is 0 Å². The van der Waals surface area contributed by atoms with Crippen LogP contribution in [0.5, 0.6) is 5.75 Å². The van der Waals surface area contributed by atoms with Crippen molar-refractivity contribution in [1.29, 1.82) is 0 Å². The van der Waals surface area contributed by atoms with Gasteiger partial charge >= 0.3 is 0 Å². The third-order valence-corrected chi connectivity index (χ3v) is 6.01. The molecule has 0 bridgehead atoms. The second kappa shape index (κ2) is 8.48. The molecule has 1 amide bonds.